The van der Waals surface area contributed by atoms with E-state index in [0.717, 1.165) is 11.1 Å². The Balaban J connectivity index is 2.00. The SMILES string of the molecule is CC(C)(C)OC(=O)NCc1ccc(-c2ccc(S(=O)(=O)CCCO)cc2)cn1. The monoisotopic (exact) mass is 406 g/mol. The topological polar surface area (TPSA) is 106 Å². The number of hydrogen-bond acceptors (Lipinski definition) is 6. The Morgan fingerprint density at radius 2 is 1.75 bits per heavy atom. The lowest BCUT2D eigenvalue weighted by molar-refractivity contribution is 0.0523. The lowest BCUT2D eigenvalue weighted by atomic mass is 10.1. The highest BCUT2D eigenvalue weighted by Gasteiger charge is 2.16. The molecule has 8 heteroatoms. The number of nitrogens with zero attached hydrogens (tertiary/aromatic N) is 1. The third-order valence-electron chi connectivity index (χ3n) is 3.76. The molecule has 0 aliphatic heterocycles. The van der Waals surface area contributed by atoms with E-state index in [1.54, 1.807) is 57.3 Å². The van der Waals surface area contributed by atoms with Crippen LogP contribution in [-0.2, 0) is 21.1 Å². The first-order valence-electron chi connectivity index (χ1n) is 8.96. The molecular weight excluding hydrogens is 380 g/mol. The van der Waals surface area contributed by atoms with Crippen molar-refractivity contribution in [2.75, 3.05) is 12.4 Å². The highest BCUT2D eigenvalue weighted by atomic mass is 32.2. The summed E-state index contributed by atoms with van der Waals surface area (Å²) in [5.74, 6) is -0.0796. The molecule has 1 amide bonds. The minimum absolute atomic E-state index is 0.0796. The van der Waals surface area contributed by atoms with Gasteiger partial charge >= 0.3 is 6.09 Å². The molecule has 2 rings (SSSR count). The zero-order valence-corrected chi connectivity index (χ0v) is 17.1. The summed E-state index contributed by atoms with van der Waals surface area (Å²) >= 11 is 0. The molecule has 0 bridgehead atoms. The molecule has 0 spiro atoms. The Hall–Kier alpha value is -2.45. The molecule has 28 heavy (non-hydrogen) atoms. The van der Waals surface area contributed by atoms with Crippen LogP contribution in [0.1, 0.15) is 32.9 Å². The number of hydrogen-bond donors (Lipinski definition) is 2. The van der Waals surface area contributed by atoms with E-state index in [2.05, 4.69) is 10.3 Å². The van der Waals surface area contributed by atoms with Gasteiger partial charge in [0.15, 0.2) is 9.84 Å². The summed E-state index contributed by atoms with van der Waals surface area (Å²) in [7, 11) is -3.38. The van der Waals surface area contributed by atoms with Crippen LogP contribution in [0.2, 0.25) is 0 Å². The number of aromatic nitrogens is 1. The predicted octanol–water partition coefficient (Wildman–Crippen LogP) is 2.93. The fraction of sp³-hybridized carbons (Fsp3) is 0.400. The van der Waals surface area contributed by atoms with Crippen LogP contribution in [0, 0.1) is 0 Å². The van der Waals surface area contributed by atoms with Gasteiger partial charge in [0.05, 0.1) is 22.9 Å². The summed E-state index contributed by atoms with van der Waals surface area (Å²) in [5.41, 5.74) is 1.79. The van der Waals surface area contributed by atoms with E-state index in [4.69, 9.17) is 9.84 Å². The van der Waals surface area contributed by atoms with Gasteiger partial charge in [-0.25, -0.2) is 13.2 Å². The van der Waals surface area contributed by atoms with E-state index < -0.39 is 21.5 Å². The lowest BCUT2D eigenvalue weighted by Gasteiger charge is -2.19. The van der Waals surface area contributed by atoms with Gasteiger partial charge in [-0.05, 0) is 51.0 Å². The minimum atomic E-state index is -3.38. The molecule has 1 aromatic carbocycles. The average Bonchev–Trinajstić information content (AvgIpc) is 2.64. The van der Waals surface area contributed by atoms with Crippen LogP contribution < -0.4 is 5.32 Å². The van der Waals surface area contributed by atoms with Gasteiger partial charge in [0, 0.05) is 18.4 Å². The van der Waals surface area contributed by atoms with Crippen molar-refractivity contribution in [1.82, 2.24) is 10.3 Å². The Kier molecular flexibility index (Phi) is 7.15. The van der Waals surface area contributed by atoms with Gasteiger partial charge in [-0.3, -0.25) is 4.98 Å². The molecule has 0 fully saturated rings. The second-order valence-electron chi connectivity index (χ2n) is 7.31. The van der Waals surface area contributed by atoms with Gasteiger partial charge in [0.1, 0.15) is 5.60 Å². The standard InChI is InChI=1S/C20H26N2O5S/c1-20(2,3)27-19(24)22-14-17-8-5-16(13-21-17)15-6-9-18(10-7-15)28(25,26)12-4-11-23/h5-10,13,23H,4,11-12,14H2,1-3H3,(H,22,24). The highest BCUT2D eigenvalue weighted by molar-refractivity contribution is 7.91. The number of carbonyl (C=O) groups is 1. The number of ether oxygens (including phenoxy) is 1. The molecule has 2 N–H and O–H groups in total. The van der Waals surface area contributed by atoms with Gasteiger partial charge in [0.2, 0.25) is 0 Å². The van der Waals surface area contributed by atoms with E-state index in [9.17, 15) is 13.2 Å². The molecule has 0 saturated carbocycles. The third-order valence-corrected chi connectivity index (χ3v) is 5.57. The molecule has 1 heterocycles. The number of pyridine rings is 1. The molecule has 7 nitrogen and oxygen atoms in total. The van der Waals surface area contributed by atoms with Crippen LogP contribution in [0.25, 0.3) is 11.1 Å². The first-order chi connectivity index (χ1) is 13.1. The van der Waals surface area contributed by atoms with Crippen LogP contribution in [0.3, 0.4) is 0 Å². The maximum atomic E-state index is 12.1. The van der Waals surface area contributed by atoms with E-state index >= 15 is 0 Å². The van der Waals surface area contributed by atoms with E-state index in [0.29, 0.717) is 5.69 Å². The van der Waals surface area contributed by atoms with Crippen molar-refractivity contribution in [3.05, 3.63) is 48.3 Å². The number of aliphatic hydroxyl groups is 1. The van der Waals surface area contributed by atoms with Crippen LogP contribution >= 0.6 is 0 Å². The van der Waals surface area contributed by atoms with Crippen molar-refractivity contribution in [3.8, 4) is 11.1 Å². The molecule has 0 unspecified atom stereocenters. The molecule has 0 aliphatic rings. The Morgan fingerprint density at radius 1 is 1.11 bits per heavy atom. The number of rotatable bonds is 7. The summed E-state index contributed by atoms with van der Waals surface area (Å²) < 4.78 is 29.4. The number of aliphatic hydroxyl groups excluding tert-OH is 1. The maximum Gasteiger partial charge on any atom is 0.407 e. The first-order valence-corrected chi connectivity index (χ1v) is 10.6. The largest absolute Gasteiger partial charge is 0.444 e. The zero-order valence-electron chi connectivity index (χ0n) is 16.3. The van der Waals surface area contributed by atoms with Crippen LogP contribution in [0.15, 0.2) is 47.5 Å². The number of alkyl carbamates (subject to hydrolysis) is 1. The van der Waals surface area contributed by atoms with E-state index in [1.165, 1.54) is 0 Å². The van der Waals surface area contributed by atoms with Gasteiger partial charge in [-0.1, -0.05) is 18.2 Å². The van der Waals surface area contributed by atoms with E-state index in [1.807, 2.05) is 6.07 Å². The number of carbonyl (C=O) groups excluding carboxylic acids is 1. The Morgan fingerprint density at radius 3 is 2.29 bits per heavy atom. The van der Waals surface area contributed by atoms with Crippen molar-refractivity contribution in [2.45, 2.75) is 44.2 Å². The molecular formula is C20H26N2O5S. The fourth-order valence-electron chi connectivity index (χ4n) is 2.40. The molecule has 0 saturated heterocycles. The maximum absolute atomic E-state index is 12.1. The number of benzene rings is 1. The lowest BCUT2D eigenvalue weighted by Crippen LogP contribution is -2.32. The van der Waals surface area contributed by atoms with Gasteiger partial charge in [-0.15, -0.1) is 0 Å². The first kappa shape index (κ1) is 21.8. The normalized spacial score (nSPS) is 11.9. The minimum Gasteiger partial charge on any atom is -0.444 e. The van der Waals surface area contributed by atoms with Crippen molar-refractivity contribution >= 4 is 15.9 Å². The molecule has 0 radical (unpaired) electrons. The van der Waals surface area contributed by atoms with Gasteiger partial charge < -0.3 is 15.2 Å². The average molecular weight is 407 g/mol. The third kappa shape index (κ3) is 6.61. The molecule has 152 valence electrons. The second kappa shape index (κ2) is 9.16. The summed E-state index contributed by atoms with van der Waals surface area (Å²) in [6.45, 7) is 5.48. The predicted molar refractivity (Wildman–Crippen MR) is 107 cm³/mol. The quantitative estimate of drug-likeness (QED) is 0.732. The number of amides is 1. The van der Waals surface area contributed by atoms with Crippen molar-refractivity contribution in [1.29, 1.82) is 0 Å². The molecule has 0 aliphatic carbocycles. The van der Waals surface area contributed by atoms with Crippen LogP contribution in [-0.4, -0.2) is 42.6 Å². The van der Waals surface area contributed by atoms with Crippen molar-refractivity contribution < 1.29 is 23.1 Å². The van der Waals surface area contributed by atoms with Gasteiger partial charge in [-0.2, -0.15) is 0 Å². The smallest absolute Gasteiger partial charge is 0.407 e. The van der Waals surface area contributed by atoms with Gasteiger partial charge in [0.25, 0.3) is 0 Å². The second-order valence-corrected chi connectivity index (χ2v) is 9.42. The molecule has 0 atom stereocenters. The zero-order chi connectivity index (χ0) is 20.8. The van der Waals surface area contributed by atoms with E-state index in [-0.39, 0.29) is 30.2 Å². The summed E-state index contributed by atoms with van der Waals surface area (Å²) in [4.78, 5) is 16.2. The van der Waals surface area contributed by atoms with Crippen LogP contribution in [0.5, 0.6) is 0 Å². The summed E-state index contributed by atoms with van der Waals surface area (Å²) in [6.07, 6.45) is 1.38. The summed E-state index contributed by atoms with van der Waals surface area (Å²) in [5, 5.41) is 11.5. The molecule has 2 aromatic rings. The Bertz CT molecular complexity index is 886. The van der Waals surface area contributed by atoms with Crippen molar-refractivity contribution in [3.63, 3.8) is 0 Å². The fourth-order valence-corrected chi connectivity index (χ4v) is 3.70. The Labute approximate surface area is 165 Å². The van der Waals surface area contributed by atoms with Crippen LogP contribution in [0.4, 0.5) is 4.79 Å². The number of sulfone groups is 1. The number of nitrogens with one attached hydrogen (secondary N) is 1. The molecule has 1 aromatic heterocycles. The summed E-state index contributed by atoms with van der Waals surface area (Å²) in [6, 6.07) is 10.2. The highest BCUT2D eigenvalue weighted by Crippen LogP contribution is 2.21. The van der Waals surface area contributed by atoms with Crippen molar-refractivity contribution in [2.24, 2.45) is 0 Å².